The van der Waals surface area contributed by atoms with E-state index in [-0.39, 0.29) is 13.2 Å². The number of hydrogen-bond acceptors (Lipinski definition) is 4. The molecule has 0 saturated heterocycles. The van der Waals surface area contributed by atoms with E-state index in [0.29, 0.717) is 5.57 Å². The summed E-state index contributed by atoms with van der Waals surface area (Å²) in [6, 6.07) is 9.41. The van der Waals surface area contributed by atoms with Crippen molar-refractivity contribution in [3.05, 3.63) is 60.2 Å². The van der Waals surface area contributed by atoms with Crippen LogP contribution in [0.4, 0.5) is 0 Å². The molecule has 1 atom stereocenters. The number of esters is 1. The van der Waals surface area contributed by atoms with E-state index >= 15 is 0 Å². The van der Waals surface area contributed by atoms with Crippen LogP contribution in [0.2, 0.25) is 0 Å². The molecule has 0 heterocycles. The van der Waals surface area contributed by atoms with Gasteiger partial charge < -0.3 is 4.74 Å². The maximum absolute atomic E-state index is 11.4. The number of rotatable bonds is 8. The zero-order valence-corrected chi connectivity index (χ0v) is 11.9. The van der Waals surface area contributed by atoms with E-state index in [1.165, 1.54) is 0 Å². The largest absolute Gasteiger partial charge is 0.459 e. The van der Waals surface area contributed by atoms with Gasteiger partial charge in [0.05, 0.1) is 0 Å². The highest BCUT2D eigenvalue weighted by Gasteiger charge is 2.16. The molecule has 0 fully saturated rings. The van der Waals surface area contributed by atoms with Crippen LogP contribution < -0.4 is 0 Å². The van der Waals surface area contributed by atoms with Crippen molar-refractivity contribution in [2.24, 2.45) is 0 Å². The monoisotopic (exact) mass is 276 g/mol. The van der Waals surface area contributed by atoms with E-state index < -0.39 is 12.1 Å². The zero-order chi connectivity index (χ0) is 15.0. The van der Waals surface area contributed by atoms with Crippen molar-refractivity contribution in [2.45, 2.75) is 20.0 Å². The molecular weight excluding hydrogens is 256 g/mol. The quantitative estimate of drug-likeness (QED) is 0.240. The van der Waals surface area contributed by atoms with E-state index in [9.17, 15) is 4.79 Å². The number of carbonyl (C=O) groups excluding carboxylic acids is 1. The Balaban J connectivity index is 2.62. The molecule has 0 N–H and O–H groups in total. The lowest BCUT2D eigenvalue weighted by Crippen LogP contribution is -2.16. The van der Waals surface area contributed by atoms with Crippen LogP contribution in [0, 0.1) is 0 Å². The summed E-state index contributed by atoms with van der Waals surface area (Å²) in [5.41, 5.74) is 2.05. The number of carbonyl (C=O) groups is 1. The first-order valence-corrected chi connectivity index (χ1v) is 6.31. The lowest BCUT2D eigenvalue weighted by molar-refractivity contribution is -0.326. The molecule has 1 aromatic rings. The van der Waals surface area contributed by atoms with Crippen molar-refractivity contribution in [1.82, 2.24) is 0 Å². The molecule has 0 aliphatic rings. The summed E-state index contributed by atoms with van der Waals surface area (Å²) >= 11 is 0. The van der Waals surface area contributed by atoms with Gasteiger partial charge in [-0.2, -0.15) is 0 Å². The molecular formula is C16H20O4. The molecule has 108 valence electrons. The van der Waals surface area contributed by atoms with Crippen LogP contribution >= 0.6 is 0 Å². The van der Waals surface area contributed by atoms with Gasteiger partial charge in [0.25, 0.3) is 0 Å². The topological polar surface area (TPSA) is 44.8 Å². The van der Waals surface area contributed by atoms with Crippen LogP contribution in [0.15, 0.2) is 54.6 Å². The summed E-state index contributed by atoms with van der Waals surface area (Å²) in [4.78, 5) is 21.8. The Bertz CT molecular complexity index is 465. The van der Waals surface area contributed by atoms with Gasteiger partial charge in [0.15, 0.2) is 6.10 Å². The molecule has 1 unspecified atom stereocenters. The third-order valence-corrected chi connectivity index (χ3v) is 2.38. The van der Waals surface area contributed by atoms with Crippen LogP contribution in [0.3, 0.4) is 0 Å². The fourth-order valence-electron chi connectivity index (χ4n) is 1.34. The van der Waals surface area contributed by atoms with Crippen molar-refractivity contribution in [3.8, 4) is 0 Å². The molecule has 0 amide bonds. The maximum atomic E-state index is 11.4. The van der Waals surface area contributed by atoms with Gasteiger partial charge in [0.2, 0.25) is 0 Å². The Hall–Kier alpha value is -1.91. The van der Waals surface area contributed by atoms with Gasteiger partial charge in [-0.15, -0.1) is 0 Å². The fourth-order valence-corrected chi connectivity index (χ4v) is 1.34. The molecule has 0 aliphatic carbocycles. The number of benzene rings is 1. The maximum Gasteiger partial charge on any atom is 0.333 e. The highest BCUT2D eigenvalue weighted by Crippen LogP contribution is 2.18. The van der Waals surface area contributed by atoms with Gasteiger partial charge in [0.1, 0.15) is 13.2 Å². The van der Waals surface area contributed by atoms with Crippen molar-refractivity contribution in [2.75, 3.05) is 13.2 Å². The average Bonchev–Trinajstić information content (AvgIpc) is 2.42. The minimum Gasteiger partial charge on any atom is -0.459 e. The molecule has 0 spiro atoms. The smallest absolute Gasteiger partial charge is 0.333 e. The molecule has 4 heteroatoms. The SMILES string of the molecule is C=C(C)COOC(COC(=O)C(=C)C)c1ccccc1. The molecule has 4 nitrogen and oxygen atoms in total. The Morgan fingerprint density at radius 3 is 2.40 bits per heavy atom. The second-order valence-corrected chi connectivity index (χ2v) is 4.59. The average molecular weight is 276 g/mol. The van der Waals surface area contributed by atoms with Crippen LogP contribution in [0.1, 0.15) is 25.5 Å². The summed E-state index contributed by atoms with van der Waals surface area (Å²) in [6.07, 6.45) is -0.487. The van der Waals surface area contributed by atoms with Gasteiger partial charge in [-0.1, -0.05) is 49.1 Å². The first-order valence-electron chi connectivity index (χ1n) is 6.31. The van der Waals surface area contributed by atoms with Crippen molar-refractivity contribution < 1.29 is 19.3 Å². The third kappa shape index (κ3) is 5.82. The van der Waals surface area contributed by atoms with Crippen molar-refractivity contribution >= 4 is 5.97 Å². The summed E-state index contributed by atoms with van der Waals surface area (Å²) in [6.45, 7) is 11.0. The van der Waals surface area contributed by atoms with Gasteiger partial charge in [-0.05, 0) is 19.4 Å². The summed E-state index contributed by atoms with van der Waals surface area (Å²) in [7, 11) is 0. The third-order valence-electron chi connectivity index (χ3n) is 2.38. The molecule has 0 saturated carbocycles. The van der Waals surface area contributed by atoms with E-state index in [1.807, 2.05) is 37.3 Å². The van der Waals surface area contributed by atoms with Crippen molar-refractivity contribution in [1.29, 1.82) is 0 Å². The molecule has 0 radical (unpaired) electrons. The second-order valence-electron chi connectivity index (χ2n) is 4.59. The minimum atomic E-state index is -0.487. The van der Waals surface area contributed by atoms with Crippen molar-refractivity contribution in [3.63, 3.8) is 0 Å². The van der Waals surface area contributed by atoms with Crippen LogP contribution in [-0.4, -0.2) is 19.2 Å². The molecule has 0 aromatic heterocycles. The summed E-state index contributed by atoms with van der Waals surface area (Å²) < 4.78 is 5.11. The Morgan fingerprint density at radius 1 is 1.20 bits per heavy atom. The summed E-state index contributed by atoms with van der Waals surface area (Å²) in [5, 5.41) is 0. The lowest BCUT2D eigenvalue weighted by Gasteiger charge is -2.17. The lowest BCUT2D eigenvalue weighted by atomic mass is 10.1. The van der Waals surface area contributed by atoms with Gasteiger partial charge in [-0.25, -0.2) is 14.6 Å². The predicted octanol–water partition coefficient (Wildman–Crippen LogP) is 3.37. The van der Waals surface area contributed by atoms with Gasteiger partial charge >= 0.3 is 5.97 Å². The first kappa shape index (κ1) is 16.1. The normalized spacial score (nSPS) is 11.7. The predicted molar refractivity (Wildman–Crippen MR) is 76.8 cm³/mol. The highest BCUT2D eigenvalue weighted by molar-refractivity contribution is 5.86. The first-order chi connectivity index (χ1) is 9.50. The van der Waals surface area contributed by atoms with Crippen LogP contribution in [-0.2, 0) is 19.3 Å². The molecule has 20 heavy (non-hydrogen) atoms. The van der Waals surface area contributed by atoms with Crippen LogP contribution in [0.5, 0.6) is 0 Å². The second kappa shape index (κ2) is 8.30. The Morgan fingerprint density at radius 2 is 1.85 bits per heavy atom. The summed E-state index contributed by atoms with van der Waals surface area (Å²) in [5.74, 6) is -0.450. The Kier molecular flexibility index (Phi) is 6.70. The highest BCUT2D eigenvalue weighted by atomic mass is 17.2. The van der Waals surface area contributed by atoms with E-state index in [4.69, 9.17) is 14.5 Å². The zero-order valence-electron chi connectivity index (χ0n) is 11.9. The van der Waals surface area contributed by atoms with E-state index in [2.05, 4.69) is 13.2 Å². The Labute approximate surface area is 119 Å². The minimum absolute atomic E-state index is 0.0614. The van der Waals surface area contributed by atoms with E-state index in [1.54, 1.807) is 6.92 Å². The van der Waals surface area contributed by atoms with Crippen LogP contribution in [0.25, 0.3) is 0 Å². The molecule has 0 bridgehead atoms. The number of ether oxygens (including phenoxy) is 1. The fraction of sp³-hybridized carbons (Fsp3) is 0.312. The molecule has 1 aromatic carbocycles. The molecule has 1 rings (SSSR count). The van der Waals surface area contributed by atoms with Gasteiger partial charge in [0, 0.05) is 5.57 Å². The van der Waals surface area contributed by atoms with Gasteiger partial charge in [-0.3, -0.25) is 0 Å². The van der Waals surface area contributed by atoms with E-state index in [0.717, 1.165) is 11.1 Å². The standard InChI is InChI=1S/C16H20O4/c1-12(2)10-19-20-15(11-18-16(17)13(3)4)14-8-6-5-7-9-14/h5-9,15H,1,3,10-11H2,2,4H3. The number of hydrogen-bond donors (Lipinski definition) is 0. The molecule has 0 aliphatic heterocycles.